The van der Waals surface area contributed by atoms with E-state index in [0.29, 0.717) is 39.9 Å². The number of carbonyl (C=O) groups excluding carboxylic acids is 1. The summed E-state index contributed by atoms with van der Waals surface area (Å²) in [5.74, 6) is 0.349. The molecule has 1 saturated heterocycles. The second-order valence-corrected chi connectivity index (χ2v) is 13.0. The summed E-state index contributed by atoms with van der Waals surface area (Å²) in [7, 11) is 4.01. The van der Waals surface area contributed by atoms with E-state index in [1.165, 1.54) is 53.0 Å². The quantitative estimate of drug-likeness (QED) is 0.182. The Kier molecular flexibility index (Phi) is 9.08. The summed E-state index contributed by atoms with van der Waals surface area (Å²) in [5.41, 5.74) is 4.37. The number of nitrogens with one attached hydrogen (secondary N) is 1. The van der Waals surface area contributed by atoms with Gasteiger partial charge in [-0.3, -0.25) is 23.7 Å². The molecule has 0 unspecified atom stereocenters. The van der Waals surface area contributed by atoms with Crippen LogP contribution in [0.1, 0.15) is 15.9 Å². The predicted molar refractivity (Wildman–Crippen MR) is 199 cm³/mol. The highest BCUT2D eigenvalue weighted by molar-refractivity contribution is 6.04. The molecule has 1 amide bonds. The first-order valence-corrected chi connectivity index (χ1v) is 17.1. The number of furan rings is 1. The minimum absolute atomic E-state index is 0.0650. The number of benzene rings is 3. The van der Waals surface area contributed by atoms with Crippen molar-refractivity contribution in [2.24, 2.45) is 7.05 Å². The molecule has 0 aliphatic carbocycles. The maximum atomic E-state index is 13.4. The molecule has 4 aromatic heterocycles. The van der Waals surface area contributed by atoms with Crippen molar-refractivity contribution in [1.82, 2.24) is 34.1 Å². The Bertz CT molecular complexity index is 2470. The molecule has 12 nitrogen and oxygen atoms in total. The van der Waals surface area contributed by atoms with Crippen LogP contribution in [0.5, 0.6) is 11.6 Å². The van der Waals surface area contributed by atoms with E-state index in [1.807, 2.05) is 13.2 Å². The zero-order valence-corrected chi connectivity index (χ0v) is 29.1. The number of piperazine rings is 1. The van der Waals surface area contributed by atoms with Crippen LogP contribution in [0.15, 0.2) is 119 Å². The number of nitrogens with zero attached hydrogens (tertiary/aromatic N) is 7. The molecule has 0 radical (unpaired) electrons. The monoisotopic (exact) mass is 710 g/mol. The fourth-order valence-electron chi connectivity index (χ4n) is 6.43. The van der Waals surface area contributed by atoms with E-state index in [9.17, 15) is 14.0 Å². The van der Waals surface area contributed by atoms with Gasteiger partial charge in [-0.1, -0.05) is 24.3 Å². The molecular formula is C40H35FN8O4. The summed E-state index contributed by atoms with van der Waals surface area (Å²) in [4.78, 5) is 40.1. The molecule has 8 rings (SSSR count). The van der Waals surface area contributed by atoms with Gasteiger partial charge in [-0.05, 0) is 78.8 Å². The van der Waals surface area contributed by atoms with Crippen LogP contribution >= 0.6 is 0 Å². The average molecular weight is 711 g/mol. The summed E-state index contributed by atoms with van der Waals surface area (Å²) >= 11 is 0. The number of fused-ring (bicyclic) bond motifs is 1. The van der Waals surface area contributed by atoms with E-state index in [-0.39, 0.29) is 5.56 Å². The van der Waals surface area contributed by atoms with Gasteiger partial charge in [0.1, 0.15) is 34.6 Å². The Labute approximate surface area is 303 Å². The van der Waals surface area contributed by atoms with Gasteiger partial charge in [0.2, 0.25) is 11.6 Å². The van der Waals surface area contributed by atoms with E-state index in [0.717, 1.165) is 49.4 Å². The van der Waals surface area contributed by atoms with E-state index < -0.39 is 17.3 Å². The van der Waals surface area contributed by atoms with Crippen molar-refractivity contribution in [3.05, 3.63) is 137 Å². The van der Waals surface area contributed by atoms with Crippen molar-refractivity contribution < 1.29 is 18.3 Å². The molecule has 0 bridgehead atoms. The summed E-state index contributed by atoms with van der Waals surface area (Å²) in [6, 6.07) is 23.7. The number of hydrogen-bond donors (Lipinski definition) is 1. The van der Waals surface area contributed by atoms with Crippen molar-refractivity contribution in [2.75, 3.05) is 38.5 Å². The zero-order valence-electron chi connectivity index (χ0n) is 29.1. The predicted octanol–water partition coefficient (Wildman–Crippen LogP) is 6.37. The van der Waals surface area contributed by atoms with Gasteiger partial charge in [0.15, 0.2) is 0 Å². The van der Waals surface area contributed by atoms with Crippen LogP contribution in [0, 0.1) is 5.82 Å². The van der Waals surface area contributed by atoms with E-state index >= 15 is 0 Å². The lowest BCUT2D eigenvalue weighted by molar-refractivity contribution is 0.102. The number of amides is 1. The topological polar surface area (TPSA) is 124 Å². The van der Waals surface area contributed by atoms with Crippen LogP contribution in [0.3, 0.4) is 0 Å². The molecule has 0 spiro atoms. The van der Waals surface area contributed by atoms with E-state index in [1.54, 1.807) is 41.2 Å². The number of carbonyl (C=O) groups is 1. The van der Waals surface area contributed by atoms with Gasteiger partial charge in [0.05, 0.1) is 11.8 Å². The maximum absolute atomic E-state index is 13.4. The van der Waals surface area contributed by atoms with Gasteiger partial charge in [0, 0.05) is 69.1 Å². The molecule has 3 aromatic carbocycles. The van der Waals surface area contributed by atoms with Crippen LogP contribution in [-0.4, -0.2) is 73.2 Å². The second-order valence-electron chi connectivity index (χ2n) is 13.0. The van der Waals surface area contributed by atoms with Gasteiger partial charge in [-0.2, -0.15) is 5.10 Å². The summed E-state index contributed by atoms with van der Waals surface area (Å²) < 4.78 is 29.1. The van der Waals surface area contributed by atoms with Crippen LogP contribution in [-0.2, 0) is 13.6 Å². The largest absolute Gasteiger partial charge is 0.438 e. The lowest BCUT2D eigenvalue weighted by Crippen LogP contribution is -2.43. The molecule has 1 aliphatic rings. The first-order valence-electron chi connectivity index (χ1n) is 17.1. The molecular weight excluding hydrogens is 675 g/mol. The summed E-state index contributed by atoms with van der Waals surface area (Å²) in [5, 5.41) is 7.75. The fraction of sp³-hybridized carbons (Fsp3) is 0.175. The summed E-state index contributed by atoms with van der Waals surface area (Å²) in [6.07, 6.45) is 6.55. The fourth-order valence-corrected chi connectivity index (χ4v) is 6.43. The number of pyridine rings is 1. The molecule has 1 N–H and O–H groups in total. The highest BCUT2D eigenvalue weighted by atomic mass is 19.1. The third-order valence-corrected chi connectivity index (χ3v) is 9.29. The van der Waals surface area contributed by atoms with Crippen molar-refractivity contribution >= 4 is 22.7 Å². The van der Waals surface area contributed by atoms with Crippen LogP contribution in [0.25, 0.3) is 39.2 Å². The van der Waals surface area contributed by atoms with Crippen molar-refractivity contribution in [1.29, 1.82) is 0 Å². The van der Waals surface area contributed by atoms with Crippen molar-refractivity contribution in [3.63, 3.8) is 0 Å². The van der Waals surface area contributed by atoms with Crippen LogP contribution in [0.4, 0.5) is 10.1 Å². The Morgan fingerprint density at radius 2 is 1.66 bits per heavy atom. The normalized spacial score (nSPS) is 13.7. The van der Waals surface area contributed by atoms with Gasteiger partial charge < -0.3 is 19.4 Å². The van der Waals surface area contributed by atoms with Crippen LogP contribution in [0.2, 0.25) is 0 Å². The Hall–Kier alpha value is -6.44. The number of anilines is 1. The zero-order chi connectivity index (χ0) is 36.5. The Morgan fingerprint density at radius 1 is 0.906 bits per heavy atom. The number of likely N-dealkylation sites (N-methyl/N-ethyl adjacent to an activating group) is 1. The first kappa shape index (κ1) is 33.7. The Morgan fingerprint density at radius 3 is 2.38 bits per heavy atom. The lowest BCUT2D eigenvalue weighted by atomic mass is 9.99. The van der Waals surface area contributed by atoms with Gasteiger partial charge >= 0.3 is 0 Å². The number of hydrogen-bond acceptors (Lipinski definition) is 9. The van der Waals surface area contributed by atoms with Gasteiger partial charge in [-0.25, -0.2) is 14.4 Å². The minimum atomic E-state index is -0.585. The van der Waals surface area contributed by atoms with Crippen molar-refractivity contribution in [2.45, 2.75) is 6.54 Å². The van der Waals surface area contributed by atoms with Gasteiger partial charge in [0.25, 0.3) is 11.5 Å². The molecule has 1 fully saturated rings. The Balaban J connectivity index is 1.06. The van der Waals surface area contributed by atoms with Crippen molar-refractivity contribution in [3.8, 4) is 39.8 Å². The first-order chi connectivity index (χ1) is 25.8. The second kappa shape index (κ2) is 14.3. The third kappa shape index (κ3) is 7.07. The van der Waals surface area contributed by atoms with Gasteiger partial charge in [-0.15, -0.1) is 0 Å². The molecule has 7 aromatic rings. The highest BCUT2D eigenvalue weighted by Gasteiger charge is 2.25. The standard InChI is InChI=1S/C40H35FN8O4/c1-46-18-20-48(21-19-46)23-26-5-7-27(8-6-26)34-35-38(42-25-43-39(35)53-36(34)28-22-44-47(2)24-28)52-32-15-11-30(12-16-32)45-37(50)33-4-3-17-49(40(33)51)31-13-9-29(41)10-14-31/h3-17,22,24-25H,18-21,23H2,1-2H3,(H,45,50). The van der Waals surface area contributed by atoms with E-state index in [4.69, 9.17) is 9.15 Å². The van der Waals surface area contributed by atoms with E-state index in [2.05, 4.69) is 61.5 Å². The number of aromatic nitrogens is 5. The number of halogens is 1. The maximum Gasteiger partial charge on any atom is 0.267 e. The minimum Gasteiger partial charge on any atom is -0.438 e. The molecule has 1 aliphatic heterocycles. The average Bonchev–Trinajstić information content (AvgIpc) is 3.78. The SMILES string of the molecule is CN1CCN(Cc2ccc(-c3c(-c4cnn(C)c4)oc4ncnc(Oc5ccc(NC(=O)c6cccn(-c7ccc(F)cc7)c6=O)cc5)c34)cc2)CC1. The highest BCUT2D eigenvalue weighted by Crippen LogP contribution is 2.44. The molecule has 13 heteroatoms. The number of rotatable bonds is 9. The molecule has 53 heavy (non-hydrogen) atoms. The molecule has 0 atom stereocenters. The third-order valence-electron chi connectivity index (χ3n) is 9.29. The lowest BCUT2D eigenvalue weighted by Gasteiger charge is -2.32. The number of aryl methyl sites for hydroxylation is 1. The summed E-state index contributed by atoms with van der Waals surface area (Å²) in [6.45, 7) is 5.07. The molecule has 0 saturated carbocycles. The molecule has 266 valence electrons. The number of ether oxygens (including phenoxy) is 1. The smallest absolute Gasteiger partial charge is 0.267 e. The molecule has 5 heterocycles. The van der Waals surface area contributed by atoms with Crippen LogP contribution < -0.4 is 15.6 Å².